The minimum atomic E-state index is -3.64. The topological polar surface area (TPSA) is 83.0 Å². The fourth-order valence-corrected chi connectivity index (χ4v) is 5.74. The van der Waals surface area contributed by atoms with Gasteiger partial charge in [-0.3, -0.25) is 4.79 Å². The molecule has 1 amide bonds. The fourth-order valence-electron chi connectivity index (χ4n) is 4.21. The van der Waals surface area contributed by atoms with Crippen molar-refractivity contribution in [3.63, 3.8) is 0 Å². The molecule has 0 radical (unpaired) electrons. The van der Waals surface area contributed by atoms with Gasteiger partial charge in [0.25, 0.3) is 0 Å². The molecular weight excluding hydrogens is 416 g/mol. The number of hydrogen-bond acceptors (Lipinski definition) is 6. The summed E-state index contributed by atoms with van der Waals surface area (Å²) in [7, 11) is -2.10. The largest absolute Gasteiger partial charge is 0.497 e. The summed E-state index contributed by atoms with van der Waals surface area (Å²) < 4.78 is 32.7. The lowest BCUT2D eigenvalue weighted by atomic mass is 9.98. The van der Waals surface area contributed by atoms with Gasteiger partial charge >= 0.3 is 0 Å². The van der Waals surface area contributed by atoms with Crippen molar-refractivity contribution in [3.8, 4) is 5.75 Å². The second-order valence-electron chi connectivity index (χ2n) is 7.88. The first-order chi connectivity index (χ1) is 15.0. The van der Waals surface area contributed by atoms with Crippen molar-refractivity contribution >= 4 is 21.7 Å². The third-order valence-electron chi connectivity index (χ3n) is 6.00. The number of pyridine rings is 1. The van der Waals surface area contributed by atoms with E-state index >= 15 is 0 Å². The van der Waals surface area contributed by atoms with Gasteiger partial charge in [0, 0.05) is 45.5 Å². The molecule has 3 heterocycles. The smallest absolute Gasteiger partial charge is 0.243 e. The molecule has 0 spiro atoms. The SMILES string of the molecule is COc1ccc(S(=O)(=O)N2CCC[C@H](C(=O)N3CCN(c4ccccn4)CC3)C2)cc1. The van der Waals surface area contributed by atoms with Crippen LogP contribution in [0.2, 0.25) is 0 Å². The number of anilines is 1. The van der Waals surface area contributed by atoms with Crippen molar-refractivity contribution < 1.29 is 17.9 Å². The second kappa shape index (κ2) is 9.23. The molecule has 1 aromatic carbocycles. The van der Waals surface area contributed by atoms with E-state index in [1.165, 1.54) is 4.31 Å². The Balaban J connectivity index is 1.38. The van der Waals surface area contributed by atoms with Crippen LogP contribution in [0.25, 0.3) is 0 Å². The zero-order valence-corrected chi connectivity index (χ0v) is 18.5. The lowest BCUT2D eigenvalue weighted by Gasteiger charge is -2.39. The predicted molar refractivity (Wildman–Crippen MR) is 118 cm³/mol. The molecular formula is C22H28N4O4S. The van der Waals surface area contributed by atoms with Gasteiger partial charge in [-0.05, 0) is 49.2 Å². The Morgan fingerprint density at radius 1 is 1.03 bits per heavy atom. The average molecular weight is 445 g/mol. The average Bonchev–Trinajstić information content (AvgIpc) is 2.84. The number of rotatable bonds is 5. The standard InChI is InChI=1S/C22H28N4O4S/c1-30-19-7-9-20(10-8-19)31(28,29)26-12-4-5-18(17-26)22(27)25-15-13-24(14-16-25)21-6-2-3-11-23-21/h2-3,6-11,18H,4-5,12-17H2,1H3/t18-/m0/s1. The molecule has 0 N–H and O–H groups in total. The highest BCUT2D eigenvalue weighted by atomic mass is 32.2. The Morgan fingerprint density at radius 2 is 1.77 bits per heavy atom. The number of sulfonamides is 1. The zero-order valence-electron chi connectivity index (χ0n) is 17.7. The van der Waals surface area contributed by atoms with Crippen molar-refractivity contribution in [2.45, 2.75) is 17.7 Å². The Hall–Kier alpha value is -2.65. The maximum Gasteiger partial charge on any atom is 0.243 e. The van der Waals surface area contributed by atoms with E-state index in [4.69, 9.17) is 4.74 Å². The minimum absolute atomic E-state index is 0.0512. The second-order valence-corrected chi connectivity index (χ2v) is 9.82. The molecule has 166 valence electrons. The molecule has 9 heteroatoms. The van der Waals surface area contributed by atoms with Gasteiger partial charge in [-0.15, -0.1) is 0 Å². The number of piperazine rings is 1. The van der Waals surface area contributed by atoms with Crippen LogP contribution in [0.15, 0.2) is 53.6 Å². The molecule has 8 nitrogen and oxygen atoms in total. The van der Waals surface area contributed by atoms with E-state index in [2.05, 4.69) is 9.88 Å². The Morgan fingerprint density at radius 3 is 2.42 bits per heavy atom. The lowest BCUT2D eigenvalue weighted by Crippen LogP contribution is -2.53. The van der Waals surface area contributed by atoms with Crippen LogP contribution in [0.4, 0.5) is 5.82 Å². The first-order valence-electron chi connectivity index (χ1n) is 10.6. The number of aromatic nitrogens is 1. The molecule has 2 aliphatic rings. The maximum atomic E-state index is 13.1. The van der Waals surface area contributed by atoms with Crippen molar-refractivity contribution in [2.24, 2.45) is 5.92 Å². The van der Waals surface area contributed by atoms with Gasteiger partial charge in [-0.25, -0.2) is 13.4 Å². The number of benzene rings is 1. The number of amides is 1. The van der Waals surface area contributed by atoms with E-state index in [0.29, 0.717) is 38.2 Å². The van der Waals surface area contributed by atoms with E-state index in [-0.39, 0.29) is 23.3 Å². The third-order valence-corrected chi connectivity index (χ3v) is 7.87. The van der Waals surface area contributed by atoms with Crippen LogP contribution in [0.1, 0.15) is 12.8 Å². The molecule has 2 aliphatic heterocycles. The highest BCUT2D eigenvalue weighted by Crippen LogP contribution is 2.26. The van der Waals surface area contributed by atoms with Gasteiger partial charge in [0.15, 0.2) is 0 Å². The van der Waals surface area contributed by atoms with Crippen LogP contribution < -0.4 is 9.64 Å². The summed E-state index contributed by atoms with van der Waals surface area (Å²) in [5.41, 5.74) is 0. The molecule has 2 saturated heterocycles. The Labute approximate surface area is 183 Å². The summed E-state index contributed by atoms with van der Waals surface area (Å²) in [6.07, 6.45) is 3.17. The summed E-state index contributed by atoms with van der Waals surface area (Å²) >= 11 is 0. The van der Waals surface area contributed by atoms with E-state index in [9.17, 15) is 13.2 Å². The van der Waals surface area contributed by atoms with E-state index < -0.39 is 10.0 Å². The molecule has 0 bridgehead atoms. The van der Waals surface area contributed by atoms with E-state index in [0.717, 1.165) is 18.9 Å². The lowest BCUT2D eigenvalue weighted by molar-refractivity contribution is -0.137. The normalized spacial score (nSPS) is 20.5. The van der Waals surface area contributed by atoms with Gasteiger partial charge < -0.3 is 14.5 Å². The first kappa shape index (κ1) is 21.6. The summed E-state index contributed by atoms with van der Waals surface area (Å²) in [5, 5.41) is 0. The number of methoxy groups -OCH3 is 1. The van der Waals surface area contributed by atoms with Crippen molar-refractivity contribution in [1.82, 2.24) is 14.2 Å². The molecule has 2 fully saturated rings. The summed E-state index contributed by atoms with van der Waals surface area (Å²) in [6, 6.07) is 12.2. The Bertz CT molecular complexity index is 990. The van der Waals surface area contributed by atoms with Crippen molar-refractivity contribution in [1.29, 1.82) is 0 Å². The number of ether oxygens (including phenoxy) is 1. The number of carbonyl (C=O) groups is 1. The molecule has 0 aliphatic carbocycles. The Kier molecular flexibility index (Phi) is 6.43. The van der Waals surface area contributed by atoms with Gasteiger partial charge in [-0.2, -0.15) is 4.31 Å². The fraction of sp³-hybridized carbons (Fsp3) is 0.455. The zero-order chi connectivity index (χ0) is 21.8. The van der Waals surface area contributed by atoms with Crippen LogP contribution in [-0.2, 0) is 14.8 Å². The van der Waals surface area contributed by atoms with Crippen molar-refractivity contribution in [3.05, 3.63) is 48.7 Å². The van der Waals surface area contributed by atoms with Gasteiger partial charge in [0.1, 0.15) is 11.6 Å². The highest BCUT2D eigenvalue weighted by molar-refractivity contribution is 7.89. The molecule has 2 aromatic rings. The summed E-state index contributed by atoms with van der Waals surface area (Å²) in [5.74, 6) is 1.28. The number of piperidine rings is 1. The third kappa shape index (κ3) is 4.67. The molecule has 1 atom stereocenters. The first-order valence-corrected chi connectivity index (χ1v) is 12.0. The quantitative estimate of drug-likeness (QED) is 0.700. The van der Waals surface area contributed by atoms with Crippen LogP contribution >= 0.6 is 0 Å². The van der Waals surface area contributed by atoms with Crippen LogP contribution in [0, 0.1) is 5.92 Å². The highest BCUT2D eigenvalue weighted by Gasteiger charge is 2.36. The molecule has 31 heavy (non-hydrogen) atoms. The van der Waals surface area contributed by atoms with Gasteiger partial charge in [-0.1, -0.05) is 6.07 Å². The maximum absolute atomic E-state index is 13.1. The summed E-state index contributed by atoms with van der Waals surface area (Å²) in [6.45, 7) is 3.36. The monoisotopic (exact) mass is 444 g/mol. The van der Waals surface area contributed by atoms with E-state index in [1.807, 2.05) is 23.1 Å². The van der Waals surface area contributed by atoms with Gasteiger partial charge in [0.05, 0.1) is 17.9 Å². The molecule has 0 unspecified atom stereocenters. The molecule has 0 saturated carbocycles. The van der Waals surface area contributed by atoms with Crippen LogP contribution in [0.5, 0.6) is 5.75 Å². The minimum Gasteiger partial charge on any atom is -0.497 e. The van der Waals surface area contributed by atoms with E-state index in [1.54, 1.807) is 37.6 Å². The van der Waals surface area contributed by atoms with Crippen LogP contribution in [0.3, 0.4) is 0 Å². The predicted octanol–water partition coefficient (Wildman–Crippen LogP) is 1.84. The number of hydrogen-bond donors (Lipinski definition) is 0. The summed E-state index contributed by atoms with van der Waals surface area (Å²) in [4.78, 5) is 21.8. The molecule has 4 rings (SSSR count). The number of nitrogens with zero attached hydrogens (tertiary/aromatic N) is 4. The molecule has 1 aromatic heterocycles. The van der Waals surface area contributed by atoms with Gasteiger partial charge in [0.2, 0.25) is 15.9 Å². The van der Waals surface area contributed by atoms with Crippen LogP contribution in [-0.4, -0.2) is 74.9 Å². The number of carbonyl (C=O) groups excluding carboxylic acids is 1. The van der Waals surface area contributed by atoms with Crippen molar-refractivity contribution in [2.75, 3.05) is 51.3 Å².